The molecule has 3 nitrogen and oxygen atoms in total. The van der Waals surface area contributed by atoms with Crippen LogP contribution in [0.15, 0.2) is 35.2 Å². The zero-order chi connectivity index (χ0) is 9.97. The lowest BCUT2D eigenvalue weighted by Crippen LogP contribution is -2.04. The van der Waals surface area contributed by atoms with Crippen LogP contribution in [-0.4, -0.2) is 9.55 Å². The fourth-order valence-electron chi connectivity index (χ4n) is 1.53. The molecule has 0 N–H and O–H groups in total. The van der Waals surface area contributed by atoms with Crippen molar-refractivity contribution in [1.82, 2.24) is 9.55 Å². The Bertz CT molecular complexity index is 387. The molecule has 0 fully saturated rings. The van der Waals surface area contributed by atoms with E-state index in [4.69, 9.17) is 4.42 Å². The third kappa shape index (κ3) is 1.71. The number of aromatic nitrogens is 2. The number of furan rings is 1. The second kappa shape index (κ2) is 3.70. The molecule has 0 unspecified atom stereocenters. The number of nitrogens with zero attached hydrogens (tertiary/aromatic N) is 2. The Morgan fingerprint density at radius 2 is 2.36 bits per heavy atom. The second-order valence-electron chi connectivity index (χ2n) is 3.65. The molecule has 0 aromatic carbocycles. The van der Waals surface area contributed by atoms with Crippen LogP contribution in [0.2, 0.25) is 0 Å². The van der Waals surface area contributed by atoms with Crippen molar-refractivity contribution in [3.63, 3.8) is 0 Å². The van der Waals surface area contributed by atoms with E-state index in [0.29, 0.717) is 5.92 Å². The predicted molar refractivity (Wildman–Crippen MR) is 54.1 cm³/mol. The molecule has 0 amide bonds. The number of hydrogen-bond acceptors (Lipinski definition) is 2. The molecule has 74 valence electrons. The first-order valence-electron chi connectivity index (χ1n) is 4.81. The quantitative estimate of drug-likeness (QED) is 0.745. The average Bonchev–Trinajstić information content (AvgIpc) is 2.75. The summed E-state index contributed by atoms with van der Waals surface area (Å²) in [5.74, 6) is 2.51. The average molecular weight is 190 g/mol. The minimum absolute atomic E-state index is 0.444. The molecule has 0 saturated carbocycles. The van der Waals surface area contributed by atoms with E-state index in [2.05, 4.69) is 23.4 Å². The smallest absolute Gasteiger partial charge is 0.123 e. The first-order valence-corrected chi connectivity index (χ1v) is 4.81. The van der Waals surface area contributed by atoms with Crippen molar-refractivity contribution < 1.29 is 4.42 Å². The van der Waals surface area contributed by atoms with Gasteiger partial charge in [0.15, 0.2) is 0 Å². The van der Waals surface area contributed by atoms with Crippen LogP contribution in [0, 0.1) is 0 Å². The maximum Gasteiger partial charge on any atom is 0.123 e. The first-order chi connectivity index (χ1) is 6.77. The Morgan fingerprint density at radius 1 is 1.50 bits per heavy atom. The third-order valence-electron chi connectivity index (χ3n) is 2.17. The molecule has 0 atom stereocenters. The first kappa shape index (κ1) is 9.06. The molecular weight excluding hydrogens is 176 g/mol. The largest absolute Gasteiger partial charge is 0.467 e. The summed E-state index contributed by atoms with van der Waals surface area (Å²) in [6, 6.07) is 3.88. The van der Waals surface area contributed by atoms with Crippen molar-refractivity contribution in [2.75, 3.05) is 0 Å². The van der Waals surface area contributed by atoms with Crippen LogP contribution in [0.5, 0.6) is 0 Å². The van der Waals surface area contributed by atoms with Gasteiger partial charge in [-0.25, -0.2) is 4.98 Å². The van der Waals surface area contributed by atoms with E-state index in [1.807, 2.05) is 24.5 Å². The lowest BCUT2D eigenvalue weighted by molar-refractivity contribution is 0.486. The summed E-state index contributed by atoms with van der Waals surface area (Å²) in [5.41, 5.74) is 0. The van der Waals surface area contributed by atoms with Gasteiger partial charge < -0.3 is 8.98 Å². The maximum atomic E-state index is 5.29. The van der Waals surface area contributed by atoms with Gasteiger partial charge >= 0.3 is 0 Å². The monoisotopic (exact) mass is 190 g/mol. The normalized spacial score (nSPS) is 11.1. The van der Waals surface area contributed by atoms with Gasteiger partial charge in [-0.15, -0.1) is 0 Å². The van der Waals surface area contributed by atoms with Crippen LogP contribution in [0.4, 0.5) is 0 Å². The molecule has 0 bridgehead atoms. The van der Waals surface area contributed by atoms with Crippen molar-refractivity contribution in [3.8, 4) is 0 Å². The van der Waals surface area contributed by atoms with Gasteiger partial charge in [0.1, 0.15) is 11.6 Å². The standard InChI is InChI=1S/C11H14N2O/c1-9(2)11-12-5-6-13(11)8-10-4-3-7-14-10/h3-7,9H,8H2,1-2H3. The van der Waals surface area contributed by atoms with Gasteiger partial charge in [0.2, 0.25) is 0 Å². The molecule has 2 heterocycles. The van der Waals surface area contributed by atoms with E-state index in [-0.39, 0.29) is 0 Å². The molecule has 0 aliphatic carbocycles. The molecule has 0 spiro atoms. The molecule has 2 aromatic heterocycles. The van der Waals surface area contributed by atoms with Crippen molar-refractivity contribution >= 4 is 0 Å². The maximum absolute atomic E-state index is 5.29. The summed E-state index contributed by atoms with van der Waals surface area (Å²) < 4.78 is 7.41. The zero-order valence-corrected chi connectivity index (χ0v) is 8.47. The van der Waals surface area contributed by atoms with E-state index < -0.39 is 0 Å². The van der Waals surface area contributed by atoms with Crippen LogP contribution in [0.25, 0.3) is 0 Å². The highest BCUT2D eigenvalue weighted by Crippen LogP contribution is 2.13. The minimum Gasteiger partial charge on any atom is -0.467 e. The van der Waals surface area contributed by atoms with Gasteiger partial charge in [-0.2, -0.15) is 0 Å². The van der Waals surface area contributed by atoms with Crippen molar-refractivity contribution in [3.05, 3.63) is 42.4 Å². The Hall–Kier alpha value is -1.51. The summed E-state index contributed by atoms with van der Waals surface area (Å²) in [6.45, 7) is 5.04. The third-order valence-corrected chi connectivity index (χ3v) is 2.17. The summed E-state index contributed by atoms with van der Waals surface area (Å²) in [4.78, 5) is 4.32. The van der Waals surface area contributed by atoms with Crippen LogP contribution in [0.3, 0.4) is 0 Å². The Morgan fingerprint density at radius 3 is 3.00 bits per heavy atom. The summed E-state index contributed by atoms with van der Waals surface area (Å²) in [6.07, 6.45) is 5.51. The molecule has 0 radical (unpaired) electrons. The van der Waals surface area contributed by atoms with Gasteiger partial charge in [0.05, 0.1) is 12.8 Å². The Kier molecular flexibility index (Phi) is 2.39. The lowest BCUT2D eigenvalue weighted by atomic mass is 10.2. The number of imidazole rings is 1. The van der Waals surface area contributed by atoms with Crippen molar-refractivity contribution in [2.24, 2.45) is 0 Å². The molecule has 2 aromatic rings. The van der Waals surface area contributed by atoms with Gasteiger partial charge in [-0.3, -0.25) is 0 Å². The van der Waals surface area contributed by atoms with Crippen LogP contribution < -0.4 is 0 Å². The van der Waals surface area contributed by atoms with Crippen LogP contribution in [0.1, 0.15) is 31.4 Å². The van der Waals surface area contributed by atoms with Crippen LogP contribution >= 0.6 is 0 Å². The Balaban J connectivity index is 2.21. The van der Waals surface area contributed by atoms with E-state index in [1.165, 1.54) is 0 Å². The SMILES string of the molecule is CC(C)c1nccn1Cc1ccco1. The van der Waals surface area contributed by atoms with Gasteiger partial charge in [0.25, 0.3) is 0 Å². The molecule has 0 aliphatic rings. The molecule has 0 saturated heterocycles. The van der Waals surface area contributed by atoms with Crippen molar-refractivity contribution in [1.29, 1.82) is 0 Å². The highest BCUT2D eigenvalue weighted by atomic mass is 16.3. The van der Waals surface area contributed by atoms with E-state index in [0.717, 1.165) is 18.1 Å². The van der Waals surface area contributed by atoms with E-state index >= 15 is 0 Å². The Labute approximate surface area is 83.4 Å². The molecule has 2 rings (SSSR count). The molecule has 3 heteroatoms. The highest BCUT2D eigenvalue weighted by molar-refractivity contribution is 5.04. The van der Waals surface area contributed by atoms with E-state index in [1.54, 1.807) is 6.26 Å². The molecular formula is C11H14N2O. The highest BCUT2D eigenvalue weighted by Gasteiger charge is 2.07. The summed E-state index contributed by atoms with van der Waals surface area (Å²) >= 11 is 0. The fourth-order valence-corrected chi connectivity index (χ4v) is 1.53. The number of rotatable bonds is 3. The van der Waals surface area contributed by atoms with Gasteiger partial charge in [-0.1, -0.05) is 13.8 Å². The summed E-state index contributed by atoms with van der Waals surface area (Å²) in [7, 11) is 0. The number of hydrogen-bond donors (Lipinski definition) is 0. The predicted octanol–water partition coefficient (Wildman–Crippen LogP) is 2.65. The summed E-state index contributed by atoms with van der Waals surface area (Å²) in [5, 5.41) is 0. The second-order valence-corrected chi connectivity index (χ2v) is 3.65. The molecule has 14 heavy (non-hydrogen) atoms. The topological polar surface area (TPSA) is 31.0 Å². The lowest BCUT2D eigenvalue weighted by Gasteiger charge is -2.08. The van der Waals surface area contributed by atoms with Crippen LogP contribution in [-0.2, 0) is 6.54 Å². The van der Waals surface area contributed by atoms with Gasteiger partial charge in [0, 0.05) is 18.3 Å². The minimum atomic E-state index is 0.444. The fraction of sp³-hybridized carbons (Fsp3) is 0.364. The zero-order valence-electron chi connectivity index (χ0n) is 8.47. The van der Waals surface area contributed by atoms with E-state index in [9.17, 15) is 0 Å². The van der Waals surface area contributed by atoms with Crippen molar-refractivity contribution in [2.45, 2.75) is 26.3 Å². The molecule has 0 aliphatic heterocycles. The van der Waals surface area contributed by atoms with Gasteiger partial charge in [-0.05, 0) is 12.1 Å².